The molecule has 0 unspecified atom stereocenters. The molecule has 3 aromatic carbocycles. The van der Waals surface area contributed by atoms with Crippen LogP contribution in [-0.4, -0.2) is 75.0 Å². The normalized spacial score (nSPS) is 18.0. The first-order valence-corrected chi connectivity index (χ1v) is 24.3. The summed E-state index contributed by atoms with van der Waals surface area (Å²) in [5.74, 6) is -2.26. The van der Waals surface area contributed by atoms with E-state index in [1.807, 2.05) is 104 Å². The molecule has 13 nitrogen and oxygen atoms in total. The van der Waals surface area contributed by atoms with Crippen molar-refractivity contribution < 1.29 is 48.8 Å². The van der Waals surface area contributed by atoms with Gasteiger partial charge in [-0.25, -0.2) is 14.4 Å². The molecule has 4 N–H and O–H groups in total. The third-order valence-electron chi connectivity index (χ3n) is 12.8. The molecule has 0 saturated carbocycles. The Morgan fingerprint density at radius 2 is 1.20 bits per heavy atom. The number of ketones is 2. The quantitative estimate of drug-likeness (QED) is 0.0480. The average molecular weight is 944 g/mol. The van der Waals surface area contributed by atoms with Crippen LogP contribution in [0.15, 0.2) is 105 Å². The van der Waals surface area contributed by atoms with Gasteiger partial charge in [-0.3, -0.25) is 19.6 Å². The van der Waals surface area contributed by atoms with Gasteiger partial charge in [-0.1, -0.05) is 129 Å². The molecule has 3 aromatic rings. The minimum atomic E-state index is -1.26. The summed E-state index contributed by atoms with van der Waals surface area (Å²) in [5, 5.41) is 34.8. The van der Waals surface area contributed by atoms with E-state index in [-0.39, 0.29) is 96.3 Å². The van der Waals surface area contributed by atoms with E-state index in [2.05, 4.69) is 5.32 Å². The molecule has 3 aliphatic rings. The number of aliphatic carboxylic acids is 1. The van der Waals surface area contributed by atoms with Crippen molar-refractivity contribution in [3.05, 3.63) is 112 Å². The van der Waals surface area contributed by atoms with Gasteiger partial charge in [0.05, 0.1) is 28.3 Å². The molecule has 0 fully saturated rings. The summed E-state index contributed by atoms with van der Waals surface area (Å²) in [7, 11) is 0. The molecule has 0 spiro atoms. The number of aliphatic hydroxyl groups is 2. The minimum absolute atomic E-state index is 0.0225. The highest BCUT2D eigenvalue weighted by Crippen LogP contribution is 2.45. The number of carbonyl (C=O) groups excluding carboxylic acids is 4. The zero-order chi connectivity index (χ0) is 50.2. The number of alkyl carbamates (subject to hydrolysis) is 1. The highest BCUT2D eigenvalue weighted by Gasteiger charge is 2.37. The van der Waals surface area contributed by atoms with Crippen molar-refractivity contribution in [2.24, 2.45) is 32.7 Å². The predicted molar refractivity (Wildman–Crippen MR) is 267 cm³/mol. The number of allylic oxidation sites excluding steroid dienone is 4. The Hall–Kier alpha value is -6.37. The van der Waals surface area contributed by atoms with Gasteiger partial charge in [0.25, 0.3) is 0 Å². The molecule has 0 bridgehead atoms. The maximum Gasteiger partial charge on any atom is 0.407 e. The number of esters is 1. The van der Waals surface area contributed by atoms with Gasteiger partial charge in [0.1, 0.15) is 36.8 Å². The van der Waals surface area contributed by atoms with E-state index in [0.717, 1.165) is 22.3 Å². The van der Waals surface area contributed by atoms with Crippen LogP contribution in [0.4, 0.5) is 10.5 Å². The van der Waals surface area contributed by atoms with Gasteiger partial charge in [0.2, 0.25) is 0 Å². The van der Waals surface area contributed by atoms with Crippen LogP contribution in [0, 0.1) is 22.7 Å². The molecule has 0 saturated heterocycles. The lowest BCUT2D eigenvalue weighted by molar-refractivity contribution is -0.146. The Balaban J connectivity index is 1.15. The largest absolute Gasteiger partial charge is 0.511 e. The highest BCUT2D eigenvalue weighted by molar-refractivity contribution is 6.24. The monoisotopic (exact) mass is 943 g/mol. The summed E-state index contributed by atoms with van der Waals surface area (Å²) < 4.78 is 11.5. The van der Waals surface area contributed by atoms with Crippen LogP contribution in [-0.2, 0) is 35.3 Å². The number of amides is 1. The van der Waals surface area contributed by atoms with E-state index in [0.29, 0.717) is 61.2 Å². The van der Waals surface area contributed by atoms with Crippen LogP contribution < -0.4 is 5.32 Å². The SMILES string of the molecule is CC(C)CC(=Nc1ccc(COC(=O)[C@H](CCCC[C@H](NC(=O)OCC2c3ccccc3-c3ccccc32)C(=O)O)N=C(CC(C)C)C2=C(O)CC(C)(C)CC2=O)cc1)C1=C(O)CC(C)(C)CC1=O. The molecule has 6 rings (SSSR count). The topological polar surface area (TPSA) is 201 Å². The van der Waals surface area contributed by atoms with Crippen molar-refractivity contribution in [2.75, 3.05) is 6.61 Å². The lowest BCUT2D eigenvalue weighted by Gasteiger charge is -2.30. The number of hydrogen-bond donors (Lipinski definition) is 4. The third-order valence-corrected chi connectivity index (χ3v) is 12.8. The number of ether oxygens (including phenoxy) is 2. The van der Waals surface area contributed by atoms with E-state index in [9.17, 15) is 39.3 Å². The number of carbonyl (C=O) groups is 5. The summed E-state index contributed by atoms with van der Waals surface area (Å²) in [6, 6.07) is 20.6. The Morgan fingerprint density at radius 1 is 0.696 bits per heavy atom. The van der Waals surface area contributed by atoms with E-state index in [1.165, 1.54) is 0 Å². The summed E-state index contributed by atoms with van der Waals surface area (Å²) >= 11 is 0. The number of nitrogens with one attached hydrogen (secondary N) is 1. The number of carboxylic acids is 1. The van der Waals surface area contributed by atoms with E-state index in [1.54, 1.807) is 24.3 Å². The number of fused-ring (bicyclic) bond motifs is 3. The lowest BCUT2D eigenvalue weighted by Crippen LogP contribution is -2.41. The van der Waals surface area contributed by atoms with Crippen molar-refractivity contribution in [3.8, 4) is 11.1 Å². The van der Waals surface area contributed by atoms with Gasteiger partial charge in [-0.15, -0.1) is 0 Å². The molecule has 2 atom stereocenters. The highest BCUT2D eigenvalue weighted by atomic mass is 16.5. The number of aliphatic hydroxyl groups excluding tert-OH is 2. The molecular weight excluding hydrogens is 875 g/mol. The number of aliphatic imine (C=N–C) groups is 2. The number of carboxylic acid groups (broad SMARTS) is 1. The van der Waals surface area contributed by atoms with Gasteiger partial charge in [-0.2, -0.15) is 0 Å². The van der Waals surface area contributed by atoms with Gasteiger partial charge in [-0.05, 0) is 88.3 Å². The van der Waals surface area contributed by atoms with Crippen molar-refractivity contribution in [1.82, 2.24) is 5.32 Å². The molecule has 0 aliphatic heterocycles. The van der Waals surface area contributed by atoms with E-state index in [4.69, 9.17) is 19.5 Å². The number of rotatable bonds is 20. The summed E-state index contributed by atoms with van der Waals surface area (Å²) in [4.78, 5) is 76.0. The van der Waals surface area contributed by atoms with Crippen molar-refractivity contribution in [1.29, 1.82) is 0 Å². The van der Waals surface area contributed by atoms with Crippen LogP contribution >= 0.6 is 0 Å². The van der Waals surface area contributed by atoms with Crippen LogP contribution in [0.25, 0.3) is 11.1 Å². The van der Waals surface area contributed by atoms with E-state index < -0.39 is 35.5 Å². The smallest absolute Gasteiger partial charge is 0.407 e. The van der Waals surface area contributed by atoms with Gasteiger partial charge in [0.15, 0.2) is 11.6 Å². The zero-order valence-corrected chi connectivity index (χ0v) is 41.4. The molecule has 3 aliphatic carbocycles. The second-order valence-corrected chi connectivity index (χ2v) is 21.3. The summed E-state index contributed by atoms with van der Waals surface area (Å²) in [6.07, 6.45) is 1.93. The maximum absolute atomic E-state index is 14.1. The Labute approximate surface area is 406 Å². The number of nitrogens with zero attached hydrogens (tertiary/aromatic N) is 2. The Kier molecular flexibility index (Phi) is 16.9. The van der Waals surface area contributed by atoms with Gasteiger partial charge >= 0.3 is 18.0 Å². The fraction of sp³-hybridized carbons (Fsp3) is 0.482. The Bertz CT molecular complexity index is 2500. The molecule has 0 radical (unpaired) electrons. The molecular formula is C56H69N3O10. The number of hydrogen-bond acceptors (Lipinski definition) is 11. The lowest BCUT2D eigenvalue weighted by atomic mass is 9.75. The molecule has 0 aromatic heterocycles. The van der Waals surface area contributed by atoms with E-state index >= 15 is 0 Å². The second kappa shape index (κ2) is 22.4. The number of unbranched alkanes of at least 4 members (excludes halogenated alkanes) is 1. The third kappa shape index (κ3) is 13.7. The minimum Gasteiger partial charge on any atom is -0.511 e. The molecule has 368 valence electrons. The fourth-order valence-corrected chi connectivity index (χ4v) is 9.65. The second-order valence-electron chi connectivity index (χ2n) is 21.3. The molecule has 1 amide bonds. The predicted octanol–water partition coefficient (Wildman–Crippen LogP) is 11.7. The van der Waals surface area contributed by atoms with Crippen molar-refractivity contribution in [2.45, 2.75) is 144 Å². The standard InChI is InChI=1S/C56H69N3O10/c1-33(2)25-44(50-46(60)27-55(5,6)28-47(50)61)57-36-23-21-35(22-24-36)31-68-53(66)43(58-45(26-34(3)4)51-48(62)29-56(7,8)30-49(51)63)20-14-13-19-42(52(64)65)59-54(67)69-32-41-39-17-11-9-15-37(39)38-16-10-12-18-40(38)41/h9-12,15-18,21-24,33-34,41-43,60,62H,13-14,19-20,25-32H2,1-8H3,(H,59,67)(H,64,65)/t42-,43-/m0/s1. The molecule has 13 heteroatoms. The van der Waals surface area contributed by atoms with Crippen molar-refractivity contribution >= 4 is 46.7 Å². The first-order chi connectivity index (χ1) is 32.6. The van der Waals surface area contributed by atoms with Gasteiger partial charge in [0, 0.05) is 31.6 Å². The molecule has 69 heavy (non-hydrogen) atoms. The van der Waals surface area contributed by atoms with Crippen LogP contribution in [0.5, 0.6) is 0 Å². The molecule has 0 heterocycles. The summed E-state index contributed by atoms with van der Waals surface area (Å²) in [5.41, 5.74) is 5.93. The number of Topliss-reactive ketones (excluding diaryl/α,β-unsaturated/α-hetero) is 2. The van der Waals surface area contributed by atoms with Crippen LogP contribution in [0.3, 0.4) is 0 Å². The average Bonchev–Trinajstić information content (AvgIpc) is 3.57. The maximum atomic E-state index is 14.1. The first-order valence-electron chi connectivity index (χ1n) is 24.3. The van der Waals surface area contributed by atoms with Crippen LogP contribution in [0.2, 0.25) is 0 Å². The Morgan fingerprint density at radius 3 is 1.72 bits per heavy atom. The first kappa shape index (κ1) is 52.0. The summed E-state index contributed by atoms with van der Waals surface area (Å²) in [6.45, 7) is 15.6. The fourth-order valence-electron chi connectivity index (χ4n) is 9.65. The van der Waals surface area contributed by atoms with Crippen LogP contribution in [0.1, 0.15) is 142 Å². The number of benzene rings is 3. The van der Waals surface area contributed by atoms with Gasteiger partial charge < -0.3 is 30.1 Å². The van der Waals surface area contributed by atoms with Crippen molar-refractivity contribution in [3.63, 3.8) is 0 Å². The zero-order valence-electron chi connectivity index (χ0n) is 41.4.